The number of benzene rings is 2. The third kappa shape index (κ3) is 5.68. The third-order valence-electron chi connectivity index (χ3n) is 7.37. The maximum Gasteiger partial charge on any atom is 0.154 e. The molecular formula is C31H32ClF2N5O. The van der Waals surface area contributed by atoms with Crippen LogP contribution in [-0.4, -0.2) is 51.5 Å². The first-order valence-corrected chi connectivity index (χ1v) is 13.7. The Balaban J connectivity index is 1.61. The zero-order valence-corrected chi connectivity index (χ0v) is 23.8. The van der Waals surface area contributed by atoms with Crippen molar-refractivity contribution in [2.24, 2.45) is 7.05 Å². The van der Waals surface area contributed by atoms with Crippen LogP contribution in [0.3, 0.4) is 0 Å². The summed E-state index contributed by atoms with van der Waals surface area (Å²) in [5, 5.41) is 5.56. The minimum atomic E-state index is -0.610. The van der Waals surface area contributed by atoms with Gasteiger partial charge in [-0.2, -0.15) is 5.10 Å². The summed E-state index contributed by atoms with van der Waals surface area (Å²) >= 11 is 6.49. The number of hydrogen-bond donors (Lipinski definition) is 1. The number of anilines is 1. The highest BCUT2D eigenvalue weighted by molar-refractivity contribution is 6.37. The van der Waals surface area contributed by atoms with Gasteiger partial charge in [0.1, 0.15) is 22.9 Å². The van der Waals surface area contributed by atoms with E-state index >= 15 is 0 Å². The van der Waals surface area contributed by atoms with Gasteiger partial charge in [0, 0.05) is 43.2 Å². The Kier molecular flexibility index (Phi) is 7.83. The molecule has 9 heteroatoms. The molecule has 208 valence electrons. The Bertz CT molecular complexity index is 1620. The Hall–Kier alpha value is -3.51. The van der Waals surface area contributed by atoms with Crippen LogP contribution >= 0.6 is 11.6 Å². The number of aryl methyl sites for hydroxylation is 1. The molecule has 0 saturated carbocycles. The summed E-state index contributed by atoms with van der Waals surface area (Å²) in [6.07, 6.45) is 0.377. The molecule has 1 aliphatic rings. The van der Waals surface area contributed by atoms with E-state index in [2.05, 4.69) is 28.8 Å². The molecule has 5 rings (SSSR count). The number of fused-ring (bicyclic) bond motifs is 1. The number of nitrogen functional groups attached to an aromatic ring is 1. The Morgan fingerprint density at radius 2 is 1.88 bits per heavy atom. The first-order chi connectivity index (χ1) is 19.1. The maximum atomic E-state index is 14.0. The van der Waals surface area contributed by atoms with Crippen molar-refractivity contribution in [3.05, 3.63) is 76.1 Å². The quantitative estimate of drug-likeness (QED) is 0.304. The molecule has 2 aromatic carbocycles. The maximum absolute atomic E-state index is 14.0. The van der Waals surface area contributed by atoms with Gasteiger partial charge in [-0.1, -0.05) is 37.4 Å². The SMILES string of the molecule is CCN1CCO[C@](C)(C#Cc2ccc(-c3ccc(Cl)c4c(N)nn(C)c34)c([C@@H](C)Cc3cc(F)cc(F)c3)n2)C1. The number of pyridine rings is 1. The minimum Gasteiger partial charge on any atom is -0.382 e. The predicted molar refractivity (Wildman–Crippen MR) is 155 cm³/mol. The summed E-state index contributed by atoms with van der Waals surface area (Å²) in [5.41, 5.74) is 9.93. The van der Waals surface area contributed by atoms with Gasteiger partial charge in [0.25, 0.3) is 0 Å². The topological polar surface area (TPSA) is 69.2 Å². The minimum absolute atomic E-state index is 0.202. The second-order valence-electron chi connectivity index (χ2n) is 10.5. The monoisotopic (exact) mass is 563 g/mol. The fraction of sp³-hybridized carbons (Fsp3) is 0.355. The molecule has 2 atom stereocenters. The van der Waals surface area contributed by atoms with Crippen molar-refractivity contribution in [3.8, 4) is 23.0 Å². The highest BCUT2D eigenvalue weighted by Crippen LogP contribution is 2.39. The molecule has 0 aliphatic carbocycles. The molecule has 2 aromatic heterocycles. The molecule has 6 nitrogen and oxygen atoms in total. The number of ether oxygens (including phenoxy) is 1. The molecule has 3 heterocycles. The van der Waals surface area contributed by atoms with Crippen LogP contribution in [-0.2, 0) is 18.2 Å². The van der Waals surface area contributed by atoms with Crippen molar-refractivity contribution in [1.29, 1.82) is 0 Å². The van der Waals surface area contributed by atoms with Gasteiger partial charge < -0.3 is 10.5 Å². The van der Waals surface area contributed by atoms with Gasteiger partial charge in [-0.25, -0.2) is 13.8 Å². The normalized spacial score (nSPS) is 18.5. The molecule has 2 N–H and O–H groups in total. The zero-order chi connectivity index (χ0) is 28.6. The van der Waals surface area contributed by atoms with E-state index < -0.39 is 17.2 Å². The summed E-state index contributed by atoms with van der Waals surface area (Å²) in [7, 11) is 1.81. The molecule has 1 saturated heterocycles. The Morgan fingerprint density at radius 3 is 2.60 bits per heavy atom. The van der Waals surface area contributed by atoms with Gasteiger partial charge in [-0.15, -0.1) is 0 Å². The molecule has 0 radical (unpaired) electrons. The largest absolute Gasteiger partial charge is 0.382 e. The lowest BCUT2D eigenvalue weighted by molar-refractivity contribution is -0.0599. The van der Waals surface area contributed by atoms with E-state index in [0.717, 1.165) is 41.5 Å². The average molecular weight is 564 g/mol. The number of nitrogens with two attached hydrogens (primary N) is 1. The fourth-order valence-corrected chi connectivity index (χ4v) is 5.69. The van der Waals surface area contributed by atoms with E-state index in [4.69, 9.17) is 27.1 Å². The molecule has 40 heavy (non-hydrogen) atoms. The summed E-state index contributed by atoms with van der Waals surface area (Å²) in [4.78, 5) is 7.30. The predicted octanol–water partition coefficient (Wildman–Crippen LogP) is 5.96. The lowest BCUT2D eigenvalue weighted by atomic mass is 9.90. The summed E-state index contributed by atoms with van der Waals surface area (Å²) in [5.74, 6) is 5.44. The molecule has 0 bridgehead atoms. The first kappa shape index (κ1) is 28.0. The van der Waals surface area contributed by atoms with E-state index in [9.17, 15) is 8.78 Å². The lowest BCUT2D eigenvalue weighted by Gasteiger charge is -2.36. The van der Waals surface area contributed by atoms with Crippen LogP contribution in [0.1, 0.15) is 43.6 Å². The first-order valence-electron chi connectivity index (χ1n) is 13.3. The molecular weight excluding hydrogens is 532 g/mol. The highest BCUT2D eigenvalue weighted by atomic mass is 35.5. The molecule has 1 aliphatic heterocycles. The summed E-state index contributed by atoms with van der Waals surface area (Å²) < 4.78 is 35.7. The van der Waals surface area contributed by atoms with Crippen molar-refractivity contribution in [2.45, 2.75) is 38.7 Å². The third-order valence-corrected chi connectivity index (χ3v) is 7.68. The van der Waals surface area contributed by atoms with E-state index in [0.29, 0.717) is 47.1 Å². The van der Waals surface area contributed by atoms with Gasteiger partial charge in [-0.3, -0.25) is 9.58 Å². The van der Waals surface area contributed by atoms with Crippen LogP contribution in [0.25, 0.3) is 22.0 Å². The van der Waals surface area contributed by atoms with Gasteiger partial charge in [0.05, 0.1) is 28.2 Å². The number of hydrogen-bond acceptors (Lipinski definition) is 5. The fourth-order valence-electron chi connectivity index (χ4n) is 5.45. The Morgan fingerprint density at radius 1 is 1.15 bits per heavy atom. The highest BCUT2D eigenvalue weighted by Gasteiger charge is 2.29. The van der Waals surface area contributed by atoms with Crippen LogP contribution in [0.15, 0.2) is 42.5 Å². The molecule has 0 amide bonds. The van der Waals surface area contributed by atoms with E-state index in [1.54, 1.807) is 10.7 Å². The standard InChI is InChI=1S/C31H32ClF2N5O/c1-5-39-12-13-40-31(3,18-39)11-10-23-6-7-24(25-8-9-26(32)27-29(25)38(4)37-30(27)35)28(36-23)19(2)14-20-15-21(33)17-22(34)16-20/h6-9,15-17,19H,5,12-14,18H2,1-4H3,(H2,35,37)/t19-,31+/m0/s1. The summed E-state index contributed by atoms with van der Waals surface area (Å²) in [6.45, 7) is 9.27. The number of rotatable bonds is 5. The van der Waals surface area contributed by atoms with Crippen LogP contribution < -0.4 is 5.73 Å². The van der Waals surface area contributed by atoms with Crippen molar-refractivity contribution in [3.63, 3.8) is 0 Å². The molecule has 0 unspecified atom stereocenters. The van der Waals surface area contributed by atoms with Crippen molar-refractivity contribution >= 4 is 28.3 Å². The second-order valence-corrected chi connectivity index (χ2v) is 10.9. The van der Waals surface area contributed by atoms with E-state index in [-0.39, 0.29) is 5.92 Å². The Labute approximate surface area is 238 Å². The van der Waals surface area contributed by atoms with Gasteiger partial charge in [0.15, 0.2) is 5.82 Å². The van der Waals surface area contributed by atoms with E-state index in [1.807, 2.05) is 39.1 Å². The van der Waals surface area contributed by atoms with Gasteiger partial charge in [0.2, 0.25) is 0 Å². The van der Waals surface area contributed by atoms with Crippen LogP contribution in [0, 0.1) is 23.5 Å². The van der Waals surface area contributed by atoms with Crippen molar-refractivity contribution < 1.29 is 13.5 Å². The van der Waals surface area contributed by atoms with Crippen LogP contribution in [0.2, 0.25) is 5.02 Å². The van der Waals surface area contributed by atoms with Crippen LogP contribution in [0.5, 0.6) is 0 Å². The summed E-state index contributed by atoms with van der Waals surface area (Å²) in [6, 6.07) is 11.1. The zero-order valence-electron chi connectivity index (χ0n) is 23.1. The number of halogens is 3. The second kappa shape index (κ2) is 11.2. The molecule has 0 spiro atoms. The molecule has 1 fully saturated rings. The van der Waals surface area contributed by atoms with Crippen LogP contribution in [0.4, 0.5) is 14.6 Å². The van der Waals surface area contributed by atoms with Gasteiger partial charge in [-0.05, 0) is 61.7 Å². The van der Waals surface area contributed by atoms with Gasteiger partial charge >= 0.3 is 0 Å². The number of aromatic nitrogens is 3. The lowest BCUT2D eigenvalue weighted by Crippen LogP contribution is -2.49. The number of likely N-dealkylation sites (N-methyl/N-ethyl adjacent to an activating group) is 1. The van der Waals surface area contributed by atoms with Crippen molar-refractivity contribution in [1.82, 2.24) is 19.7 Å². The number of morpholine rings is 1. The average Bonchev–Trinajstić information content (AvgIpc) is 3.21. The van der Waals surface area contributed by atoms with Crippen molar-refractivity contribution in [2.75, 3.05) is 32.0 Å². The smallest absolute Gasteiger partial charge is 0.154 e. The molecule has 4 aromatic rings. The number of nitrogens with zero attached hydrogens (tertiary/aromatic N) is 4. The van der Waals surface area contributed by atoms with E-state index in [1.165, 1.54) is 12.1 Å².